The van der Waals surface area contributed by atoms with Crippen LogP contribution in [0.5, 0.6) is 0 Å². The van der Waals surface area contributed by atoms with Crippen LogP contribution < -0.4 is 5.32 Å². The fourth-order valence-corrected chi connectivity index (χ4v) is 2.62. The van der Waals surface area contributed by atoms with Gasteiger partial charge in [-0.25, -0.2) is 9.78 Å². The molecule has 7 heteroatoms. The molecule has 24 heavy (non-hydrogen) atoms. The molecule has 0 amide bonds. The molecule has 0 aliphatic heterocycles. The monoisotopic (exact) mass is 329 g/mol. The number of carbonyl (C=O) groups excluding carboxylic acids is 1. The van der Waals surface area contributed by atoms with Crippen molar-refractivity contribution in [3.8, 4) is 0 Å². The minimum atomic E-state index is -0.664. The standard InChI is InChI=1S/C17H19N3O4/c1-10-5-11(2)14(12(3)6-10)9-19-16-15(20(22)23)7-13(8-18-16)17(21)24-4/h5-8H,9H2,1-4H3,(H,18,19). The molecule has 1 aromatic heterocycles. The molecule has 126 valence electrons. The number of hydrogen-bond donors (Lipinski definition) is 1. The van der Waals surface area contributed by atoms with Crippen molar-refractivity contribution in [2.24, 2.45) is 0 Å². The lowest BCUT2D eigenvalue weighted by molar-refractivity contribution is -0.384. The Balaban J connectivity index is 2.30. The van der Waals surface area contributed by atoms with Gasteiger partial charge >= 0.3 is 11.7 Å². The van der Waals surface area contributed by atoms with Crippen molar-refractivity contribution >= 4 is 17.5 Å². The van der Waals surface area contributed by atoms with Crippen LogP contribution in [-0.2, 0) is 11.3 Å². The Kier molecular flexibility index (Phi) is 5.13. The Labute approximate surface area is 139 Å². The number of hydrogen-bond acceptors (Lipinski definition) is 6. The molecular weight excluding hydrogens is 310 g/mol. The van der Waals surface area contributed by atoms with Crippen molar-refractivity contribution < 1.29 is 14.5 Å². The molecule has 0 saturated heterocycles. The molecule has 0 unspecified atom stereocenters. The molecule has 0 saturated carbocycles. The Hall–Kier alpha value is -2.96. The normalized spacial score (nSPS) is 10.3. The number of anilines is 1. The fourth-order valence-electron chi connectivity index (χ4n) is 2.62. The van der Waals surface area contributed by atoms with Gasteiger partial charge in [0.15, 0.2) is 0 Å². The molecule has 0 atom stereocenters. The lowest BCUT2D eigenvalue weighted by Gasteiger charge is -2.13. The van der Waals surface area contributed by atoms with Gasteiger partial charge in [0, 0.05) is 18.8 Å². The predicted octanol–water partition coefficient (Wildman–Crippen LogP) is 3.31. The van der Waals surface area contributed by atoms with E-state index in [4.69, 9.17) is 0 Å². The zero-order valence-corrected chi connectivity index (χ0v) is 14.0. The largest absolute Gasteiger partial charge is 0.465 e. The van der Waals surface area contributed by atoms with E-state index >= 15 is 0 Å². The second-order valence-corrected chi connectivity index (χ2v) is 5.57. The molecule has 7 nitrogen and oxygen atoms in total. The van der Waals surface area contributed by atoms with Crippen LogP contribution in [0.15, 0.2) is 24.4 Å². The maximum Gasteiger partial charge on any atom is 0.339 e. The van der Waals surface area contributed by atoms with Crippen LogP contribution in [0.3, 0.4) is 0 Å². The predicted molar refractivity (Wildman–Crippen MR) is 90.2 cm³/mol. The Bertz CT molecular complexity index is 779. The lowest BCUT2D eigenvalue weighted by Crippen LogP contribution is -2.09. The molecule has 1 heterocycles. The molecule has 0 aliphatic carbocycles. The van der Waals surface area contributed by atoms with Crippen LogP contribution in [-0.4, -0.2) is 23.0 Å². The number of nitro groups is 1. The maximum absolute atomic E-state index is 11.5. The number of rotatable bonds is 5. The molecule has 0 spiro atoms. The number of pyridine rings is 1. The van der Waals surface area contributed by atoms with Crippen LogP contribution in [0.1, 0.15) is 32.6 Å². The average Bonchev–Trinajstić information content (AvgIpc) is 2.53. The number of nitrogens with zero attached hydrogens (tertiary/aromatic N) is 2. The summed E-state index contributed by atoms with van der Waals surface area (Å²) in [5.74, 6) is -0.547. The van der Waals surface area contributed by atoms with Crippen molar-refractivity contribution in [1.82, 2.24) is 4.98 Å². The highest BCUT2D eigenvalue weighted by Crippen LogP contribution is 2.25. The number of benzene rings is 1. The van der Waals surface area contributed by atoms with Crippen LogP contribution >= 0.6 is 0 Å². The minimum Gasteiger partial charge on any atom is -0.465 e. The summed E-state index contributed by atoms with van der Waals surface area (Å²) in [5, 5.41) is 14.2. The van der Waals surface area contributed by atoms with E-state index in [0.717, 1.165) is 22.8 Å². The Morgan fingerprint density at radius 2 is 1.88 bits per heavy atom. The van der Waals surface area contributed by atoms with E-state index in [1.165, 1.54) is 18.9 Å². The summed E-state index contributed by atoms with van der Waals surface area (Å²) in [5.41, 5.74) is 4.22. The van der Waals surface area contributed by atoms with Gasteiger partial charge in [-0.2, -0.15) is 0 Å². The minimum absolute atomic E-state index is 0.0393. The summed E-state index contributed by atoms with van der Waals surface area (Å²) in [4.78, 5) is 26.2. The van der Waals surface area contributed by atoms with Crippen molar-refractivity contribution in [3.63, 3.8) is 0 Å². The Morgan fingerprint density at radius 1 is 1.25 bits per heavy atom. The van der Waals surface area contributed by atoms with Gasteiger partial charge in [0.2, 0.25) is 5.82 Å². The first-order valence-corrected chi connectivity index (χ1v) is 7.36. The van der Waals surface area contributed by atoms with Gasteiger partial charge in [-0.1, -0.05) is 17.7 Å². The van der Waals surface area contributed by atoms with Crippen molar-refractivity contribution in [1.29, 1.82) is 0 Å². The average molecular weight is 329 g/mol. The molecular formula is C17H19N3O4. The summed E-state index contributed by atoms with van der Waals surface area (Å²) in [6.45, 7) is 6.43. The van der Waals surface area contributed by atoms with Crippen LogP contribution in [0.4, 0.5) is 11.5 Å². The second-order valence-electron chi connectivity index (χ2n) is 5.57. The van der Waals surface area contributed by atoms with Crippen LogP contribution in [0, 0.1) is 30.9 Å². The van der Waals surface area contributed by atoms with E-state index in [-0.39, 0.29) is 17.1 Å². The van der Waals surface area contributed by atoms with Crippen molar-refractivity contribution in [3.05, 3.63) is 62.3 Å². The topological polar surface area (TPSA) is 94.4 Å². The SMILES string of the molecule is COC(=O)c1cnc(NCc2c(C)cc(C)cc2C)c([N+](=O)[O-])c1. The summed E-state index contributed by atoms with van der Waals surface area (Å²) in [6, 6.07) is 5.29. The first kappa shape index (κ1) is 17.4. The van der Waals surface area contributed by atoms with E-state index in [2.05, 4.69) is 27.2 Å². The van der Waals surface area contributed by atoms with Crippen molar-refractivity contribution in [2.45, 2.75) is 27.3 Å². The van der Waals surface area contributed by atoms with Gasteiger partial charge in [-0.15, -0.1) is 0 Å². The third-order valence-electron chi connectivity index (χ3n) is 3.76. The first-order chi connectivity index (χ1) is 11.3. The van der Waals surface area contributed by atoms with Crippen LogP contribution in [0.25, 0.3) is 0 Å². The van der Waals surface area contributed by atoms with Crippen molar-refractivity contribution in [2.75, 3.05) is 12.4 Å². The van der Waals surface area contributed by atoms with E-state index in [1.54, 1.807) is 0 Å². The fraction of sp³-hybridized carbons (Fsp3) is 0.294. The highest BCUT2D eigenvalue weighted by Gasteiger charge is 2.19. The smallest absolute Gasteiger partial charge is 0.339 e. The number of aryl methyl sites for hydroxylation is 3. The first-order valence-electron chi connectivity index (χ1n) is 7.36. The molecule has 1 N–H and O–H groups in total. The van der Waals surface area contributed by atoms with E-state index in [9.17, 15) is 14.9 Å². The van der Waals surface area contributed by atoms with Gasteiger partial charge in [0.1, 0.15) is 0 Å². The highest BCUT2D eigenvalue weighted by atomic mass is 16.6. The maximum atomic E-state index is 11.5. The van der Waals surface area contributed by atoms with Gasteiger partial charge in [0.05, 0.1) is 17.6 Å². The summed E-state index contributed by atoms with van der Waals surface area (Å²) >= 11 is 0. The number of nitrogens with one attached hydrogen (secondary N) is 1. The number of aromatic nitrogens is 1. The lowest BCUT2D eigenvalue weighted by atomic mass is 10.00. The second kappa shape index (κ2) is 7.08. The summed E-state index contributed by atoms with van der Waals surface area (Å²) < 4.78 is 4.56. The molecule has 0 bridgehead atoms. The van der Waals surface area contributed by atoms with Gasteiger partial charge < -0.3 is 10.1 Å². The summed E-state index contributed by atoms with van der Waals surface area (Å²) in [6.07, 6.45) is 1.26. The highest BCUT2D eigenvalue weighted by molar-refractivity contribution is 5.90. The molecule has 1 aromatic carbocycles. The molecule has 0 aliphatic rings. The van der Waals surface area contributed by atoms with Crippen LogP contribution in [0.2, 0.25) is 0 Å². The molecule has 2 rings (SSSR count). The number of esters is 1. The molecule has 0 fully saturated rings. The third-order valence-corrected chi connectivity index (χ3v) is 3.76. The summed E-state index contributed by atoms with van der Waals surface area (Å²) in [7, 11) is 1.21. The molecule has 0 radical (unpaired) electrons. The zero-order chi connectivity index (χ0) is 17.9. The van der Waals surface area contributed by atoms with Gasteiger partial charge in [-0.05, 0) is 37.5 Å². The zero-order valence-electron chi connectivity index (χ0n) is 14.0. The van der Waals surface area contributed by atoms with E-state index in [0.29, 0.717) is 6.54 Å². The third kappa shape index (κ3) is 3.68. The van der Waals surface area contributed by atoms with Gasteiger partial charge in [0.25, 0.3) is 0 Å². The van der Waals surface area contributed by atoms with Gasteiger partial charge in [-0.3, -0.25) is 10.1 Å². The van der Waals surface area contributed by atoms with E-state index in [1.807, 2.05) is 20.8 Å². The number of ether oxygens (including phenoxy) is 1. The molecule has 2 aromatic rings. The number of methoxy groups -OCH3 is 1. The number of carbonyl (C=O) groups is 1. The Morgan fingerprint density at radius 3 is 2.42 bits per heavy atom. The van der Waals surface area contributed by atoms with E-state index < -0.39 is 10.9 Å². The quantitative estimate of drug-likeness (QED) is 0.514.